The third-order valence-corrected chi connectivity index (χ3v) is 3.93. The fourth-order valence-electron chi connectivity index (χ4n) is 2.48. The number of aliphatic carboxylic acids is 1. The van der Waals surface area contributed by atoms with Crippen molar-refractivity contribution in [3.05, 3.63) is 35.9 Å². The summed E-state index contributed by atoms with van der Waals surface area (Å²) in [6.07, 6.45) is 3.54. The van der Waals surface area contributed by atoms with Gasteiger partial charge in [0, 0.05) is 26.1 Å². The monoisotopic (exact) mass is 304 g/mol. The fraction of sp³-hybridized carbons (Fsp3) is 0.529. The molecular weight excluding hydrogens is 280 g/mol. The number of carboxylic acids is 1. The Morgan fingerprint density at radius 2 is 2.00 bits per heavy atom. The molecule has 0 spiro atoms. The lowest BCUT2D eigenvalue weighted by Gasteiger charge is -2.23. The van der Waals surface area contributed by atoms with Gasteiger partial charge in [-0.25, -0.2) is 4.79 Å². The van der Waals surface area contributed by atoms with Crippen molar-refractivity contribution in [3.63, 3.8) is 0 Å². The number of carbonyl (C=O) groups is 2. The van der Waals surface area contributed by atoms with Gasteiger partial charge in [-0.3, -0.25) is 4.79 Å². The molecule has 0 bridgehead atoms. The normalized spacial score (nSPS) is 15.1. The van der Waals surface area contributed by atoms with Gasteiger partial charge in [0.25, 0.3) is 0 Å². The predicted molar refractivity (Wildman–Crippen MR) is 84.7 cm³/mol. The van der Waals surface area contributed by atoms with Gasteiger partial charge < -0.3 is 15.3 Å². The van der Waals surface area contributed by atoms with Crippen molar-refractivity contribution in [1.82, 2.24) is 10.2 Å². The summed E-state index contributed by atoms with van der Waals surface area (Å²) in [5.41, 5.74) is 1.10. The highest BCUT2D eigenvalue weighted by Gasteiger charge is 2.25. The van der Waals surface area contributed by atoms with E-state index in [-0.39, 0.29) is 18.5 Å². The second-order valence-corrected chi connectivity index (χ2v) is 6.09. The Kier molecular flexibility index (Phi) is 5.81. The molecule has 22 heavy (non-hydrogen) atoms. The maximum atomic E-state index is 12.2. The molecule has 0 aromatic heterocycles. The van der Waals surface area contributed by atoms with Crippen LogP contribution < -0.4 is 5.32 Å². The Bertz CT molecular complexity index is 500. The molecule has 1 fully saturated rings. The highest BCUT2D eigenvalue weighted by molar-refractivity contribution is 5.74. The molecule has 0 saturated heterocycles. The molecule has 1 atom stereocenters. The van der Waals surface area contributed by atoms with E-state index in [4.69, 9.17) is 5.11 Å². The first-order valence-electron chi connectivity index (χ1n) is 7.82. The van der Waals surface area contributed by atoms with Crippen LogP contribution in [0.4, 0.5) is 4.79 Å². The van der Waals surface area contributed by atoms with Crippen LogP contribution in [0.3, 0.4) is 0 Å². The number of hydrogen-bond donors (Lipinski definition) is 2. The molecule has 1 saturated carbocycles. The van der Waals surface area contributed by atoms with Crippen molar-refractivity contribution in [3.8, 4) is 0 Å². The molecule has 2 amide bonds. The lowest BCUT2D eigenvalue weighted by atomic mass is 10.0. The Morgan fingerprint density at radius 1 is 1.32 bits per heavy atom. The Hall–Kier alpha value is -2.04. The van der Waals surface area contributed by atoms with E-state index < -0.39 is 5.97 Å². The molecule has 1 aromatic carbocycles. The number of benzene rings is 1. The molecule has 0 heterocycles. The van der Waals surface area contributed by atoms with Crippen molar-refractivity contribution in [2.45, 2.75) is 38.1 Å². The minimum absolute atomic E-state index is 0.0596. The van der Waals surface area contributed by atoms with Crippen molar-refractivity contribution >= 4 is 12.0 Å². The van der Waals surface area contributed by atoms with E-state index in [9.17, 15) is 9.59 Å². The standard InChI is InChI=1S/C17H24N2O3/c1-19(12-14-7-8-14)17(22)18-15(9-10-16(20)21)11-13-5-3-2-4-6-13/h2-6,14-15H,7-12H2,1H3,(H,18,22)(H,20,21). The molecule has 1 unspecified atom stereocenters. The second-order valence-electron chi connectivity index (χ2n) is 6.09. The van der Waals surface area contributed by atoms with Crippen LogP contribution in [0.15, 0.2) is 30.3 Å². The van der Waals surface area contributed by atoms with E-state index in [2.05, 4.69) is 5.32 Å². The number of hydrogen-bond acceptors (Lipinski definition) is 2. The fourth-order valence-corrected chi connectivity index (χ4v) is 2.48. The van der Waals surface area contributed by atoms with Crippen LogP contribution >= 0.6 is 0 Å². The van der Waals surface area contributed by atoms with Gasteiger partial charge in [-0.1, -0.05) is 30.3 Å². The van der Waals surface area contributed by atoms with E-state index in [0.29, 0.717) is 18.8 Å². The average molecular weight is 304 g/mol. The van der Waals surface area contributed by atoms with Crippen LogP contribution in [0.5, 0.6) is 0 Å². The Morgan fingerprint density at radius 3 is 2.59 bits per heavy atom. The third-order valence-electron chi connectivity index (χ3n) is 3.93. The van der Waals surface area contributed by atoms with Gasteiger partial charge in [-0.15, -0.1) is 0 Å². The first-order chi connectivity index (χ1) is 10.5. The number of nitrogens with one attached hydrogen (secondary N) is 1. The first kappa shape index (κ1) is 16.3. The summed E-state index contributed by atoms with van der Waals surface area (Å²) >= 11 is 0. The molecule has 120 valence electrons. The van der Waals surface area contributed by atoms with Gasteiger partial charge in [0.15, 0.2) is 0 Å². The maximum absolute atomic E-state index is 12.2. The summed E-state index contributed by atoms with van der Waals surface area (Å²) in [6.45, 7) is 0.781. The highest BCUT2D eigenvalue weighted by atomic mass is 16.4. The van der Waals surface area contributed by atoms with Crippen LogP contribution in [-0.2, 0) is 11.2 Å². The second kappa shape index (κ2) is 7.82. The van der Waals surface area contributed by atoms with Crippen LogP contribution in [-0.4, -0.2) is 41.6 Å². The number of rotatable bonds is 8. The first-order valence-corrected chi connectivity index (χ1v) is 7.82. The lowest BCUT2D eigenvalue weighted by Crippen LogP contribution is -2.44. The molecule has 1 aliphatic rings. The largest absolute Gasteiger partial charge is 0.481 e. The quantitative estimate of drug-likeness (QED) is 0.775. The summed E-state index contributed by atoms with van der Waals surface area (Å²) in [5, 5.41) is 11.9. The Balaban J connectivity index is 1.90. The van der Waals surface area contributed by atoms with Gasteiger partial charge in [0.2, 0.25) is 0 Å². The van der Waals surface area contributed by atoms with Crippen molar-refractivity contribution < 1.29 is 14.7 Å². The van der Waals surface area contributed by atoms with Crippen molar-refractivity contribution in [2.75, 3.05) is 13.6 Å². The van der Waals surface area contributed by atoms with Gasteiger partial charge in [0.05, 0.1) is 0 Å². The molecule has 2 rings (SSSR count). The van der Waals surface area contributed by atoms with E-state index in [1.807, 2.05) is 30.3 Å². The molecule has 5 nitrogen and oxygen atoms in total. The zero-order valence-corrected chi connectivity index (χ0v) is 13.0. The highest BCUT2D eigenvalue weighted by Crippen LogP contribution is 2.29. The predicted octanol–water partition coefficient (Wildman–Crippen LogP) is 2.51. The summed E-state index contributed by atoms with van der Waals surface area (Å²) < 4.78 is 0. The van der Waals surface area contributed by atoms with E-state index in [0.717, 1.165) is 12.1 Å². The molecule has 5 heteroatoms. The molecule has 0 aliphatic heterocycles. The average Bonchev–Trinajstić information content (AvgIpc) is 3.29. The van der Waals surface area contributed by atoms with E-state index >= 15 is 0 Å². The molecule has 1 aliphatic carbocycles. The molecule has 0 radical (unpaired) electrons. The van der Waals surface area contributed by atoms with E-state index in [1.165, 1.54) is 12.8 Å². The van der Waals surface area contributed by atoms with Gasteiger partial charge in [-0.05, 0) is 37.2 Å². The maximum Gasteiger partial charge on any atom is 0.317 e. The number of urea groups is 1. The number of nitrogens with zero attached hydrogens (tertiary/aromatic N) is 1. The number of carboxylic acid groups (broad SMARTS) is 1. The van der Waals surface area contributed by atoms with Crippen LogP contribution in [0.25, 0.3) is 0 Å². The summed E-state index contributed by atoms with van der Waals surface area (Å²) in [6, 6.07) is 9.56. The van der Waals surface area contributed by atoms with Gasteiger partial charge >= 0.3 is 12.0 Å². The smallest absolute Gasteiger partial charge is 0.317 e. The zero-order chi connectivity index (χ0) is 15.9. The Labute approximate surface area is 131 Å². The van der Waals surface area contributed by atoms with Crippen LogP contribution in [0, 0.1) is 5.92 Å². The van der Waals surface area contributed by atoms with E-state index in [1.54, 1.807) is 11.9 Å². The summed E-state index contributed by atoms with van der Waals surface area (Å²) in [4.78, 5) is 24.7. The van der Waals surface area contributed by atoms with Gasteiger partial charge in [0.1, 0.15) is 0 Å². The van der Waals surface area contributed by atoms with Crippen molar-refractivity contribution in [1.29, 1.82) is 0 Å². The van der Waals surface area contributed by atoms with Crippen molar-refractivity contribution in [2.24, 2.45) is 5.92 Å². The topological polar surface area (TPSA) is 69.6 Å². The van der Waals surface area contributed by atoms with Crippen LogP contribution in [0.2, 0.25) is 0 Å². The third kappa shape index (κ3) is 5.76. The minimum atomic E-state index is -0.835. The zero-order valence-electron chi connectivity index (χ0n) is 13.0. The SMILES string of the molecule is CN(CC1CC1)C(=O)NC(CCC(=O)O)Cc1ccccc1. The summed E-state index contributed by atoms with van der Waals surface area (Å²) in [7, 11) is 1.80. The number of amides is 2. The lowest BCUT2D eigenvalue weighted by molar-refractivity contribution is -0.137. The summed E-state index contributed by atoms with van der Waals surface area (Å²) in [5.74, 6) is -0.194. The minimum Gasteiger partial charge on any atom is -0.481 e. The molecular formula is C17H24N2O3. The van der Waals surface area contributed by atoms with Crippen LogP contribution in [0.1, 0.15) is 31.2 Å². The van der Waals surface area contributed by atoms with Gasteiger partial charge in [-0.2, -0.15) is 0 Å². The molecule has 2 N–H and O–H groups in total. The number of carbonyl (C=O) groups excluding carboxylic acids is 1. The molecule has 1 aromatic rings.